The molecule has 0 spiro atoms. The van der Waals surface area contributed by atoms with Gasteiger partial charge in [0.25, 0.3) is 0 Å². The van der Waals surface area contributed by atoms with Crippen LogP contribution in [0.2, 0.25) is 5.02 Å². The number of aldehydes is 1. The van der Waals surface area contributed by atoms with E-state index in [-0.39, 0.29) is 0 Å². The minimum Gasteiger partial charge on any atom is -0.492 e. The summed E-state index contributed by atoms with van der Waals surface area (Å²) in [5, 5.41) is 0.732. The van der Waals surface area contributed by atoms with Crippen LogP contribution in [-0.4, -0.2) is 17.5 Å². The third-order valence-corrected chi connectivity index (χ3v) is 3.14. The lowest BCUT2D eigenvalue weighted by atomic mass is 10.2. The summed E-state index contributed by atoms with van der Waals surface area (Å²) in [5.41, 5.74) is 1.65. The largest absolute Gasteiger partial charge is 0.492 e. The molecule has 0 saturated carbocycles. The Labute approximate surface area is 111 Å². The van der Waals surface area contributed by atoms with Gasteiger partial charge < -0.3 is 9.30 Å². The van der Waals surface area contributed by atoms with Gasteiger partial charge in [-0.25, -0.2) is 0 Å². The average Bonchev–Trinajstić information content (AvgIpc) is 2.81. The Kier molecular flexibility index (Phi) is 4.05. The number of nitrogens with zero attached hydrogens (tertiary/aromatic N) is 1. The van der Waals surface area contributed by atoms with Crippen molar-refractivity contribution in [2.45, 2.75) is 13.5 Å². The highest BCUT2D eigenvalue weighted by Gasteiger charge is 2.01. The fraction of sp³-hybridized carbons (Fsp3) is 0.214. The first-order chi connectivity index (χ1) is 8.70. The highest BCUT2D eigenvalue weighted by Crippen LogP contribution is 2.20. The lowest BCUT2D eigenvalue weighted by Gasteiger charge is -2.09. The molecule has 0 N–H and O–H groups in total. The molecule has 0 saturated heterocycles. The summed E-state index contributed by atoms with van der Waals surface area (Å²) >= 11 is 5.94. The molecule has 0 aliphatic carbocycles. The minimum atomic E-state index is 0.511. The van der Waals surface area contributed by atoms with E-state index in [0.29, 0.717) is 18.8 Å². The van der Waals surface area contributed by atoms with Gasteiger partial charge in [-0.3, -0.25) is 4.79 Å². The Morgan fingerprint density at radius 1 is 1.39 bits per heavy atom. The maximum Gasteiger partial charge on any atom is 0.166 e. The van der Waals surface area contributed by atoms with E-state index in [9.17, 15) is 4.79 Å². The van der Waals surface area contributed by atoms with Gasteiger partial charge in [-0.05, 0) is 42.8 Å². The summed E-state index contributed by atoms with van der Waals surface area (Å²) in [6, 6.07) is 9.18. The van der Waals surface area contributed by atoms with Crippen molar-refractivity contribution >= 4 is 17.9 Å². The van der Waals surface area contributed by atoms with Gasteiger partial charge >= 0.3 is 0 Å². The first-order valence-corrected chi connectivity index (χ1v) is 6.08. The van der Waals surface area contributed by atoms with Crippen LogP contribution in [0.4, 0.5) is 0 Å². The van der Waals surface area contributed by atoms with E-state index in [1.165, 1.54) is 0 Å². The SMILES string of the molecule is Cc1cc(OCCn2cccc2C=O)ccc1Cl. The fourth-order valence-electron chi connectivity index (χ4n) is 1.71. The molecular weight excluding hydrogens is 250 g/mol. The maximum absolute atomic E-state index is 10.7. The molecule has 18 heavy (non-hydrogen) atoms. The van der Waals surface area contributed by atoms with Gasteiger partial charge in [0, 0.05) is 11.2 Å². The van der Waals surface area contributed by atoms with Crippen LogP contribution < -0.4 is 4.74 Å². The van der Waals surface area contributed by atoms with Crippen molar-refractivity contribution in [1.82, 2.24) is 4.57 Å². The highest BCUT2D eigenvalue weighted by molar-refractivity contribution is 6.31. The van der Waals surface area contributed by atoms with E-state index >= 15 is 0 Å². The molecule has 1 aromatic heterocycles. The second-order valence-corrected chi connectivity index (χ2v) is 4.41. The number of ether oxygens (including phenoxy) is 1. The van der Waals surface area contributed by atoms with Gasteiger partial charge in [-0.1, -0.05) is 11.6 Å². The molecule has 0 aliphatic heterocycles. The van der Waals surface area contributed by atoms with Crippen LogP contribution in [0.25, 0.3) is 0 Å². The molecule has 4 heteroatoms. The molecule has 0 unspecified atom stereocenters. The van der Waals surface area contributed by atoms with Gasteiger partial charge in [0.15, 0.2) is 6.29 Å². The number of hydrogen-bond acceptors (Lipinski definition) is 2. The molecule has 2 aromatic rings. The number of rotatable bonds is 5. The van der Waals surface area contributed by atoms with Gasteiger partial charge in [0.2, 0.25) is 0 Å². The van der Waals surface area contributed by atoms with Crippen molar-refractivity contribution in [1.29, 1.82) is 0 Å². The van der Waals surface area contributed by atoms with E-state index in [1.54, 1.807) is 6.07 Å². The molecule has 0 bridgehead atoms. The average molecular weight is 264 g/mol. The van der Waals surface area contributed by atoms with Crippen LogP contribution in [0.3, 0.4) is 0 Å². The Morgan fingerprint density at radius 3 is 2.94 bits per heavy atom. The zero-order valence-corrected chi connectivity index (χ0v) is 10.9. The summed E-state index contributed by atoms with van der Waals surface area (Å²) < 4.78 is 7.48. The van der Waals surface area contributed by atoms with E-state index in [0.717, 1.165) is 22.6 Å². The summed E-state index contributed by atoms with van der Waals surface area (Å²) in [5.74, 6) is 0.789. The number of aromatic nitrogens is 1. The van der Waals surface area contributed by atoms with Crippen LogP contribution in [0.1, 0.15) is 16.1 Å². The topological polar surface area (TPSA) is 31.2 Å². The molecule has 1 aromatic carbocycles. The zero-order valence-electron chi connectivity index (χ0n) is 10.1. The quantitative estimate of drug-likeness (QED) is 0.775. The predicted molar refractivity (Wildman–Crippen MR) is 71.5 cm³/mol. The summed E-state index contributed by atoms with van der Waals surface area (Å²) in [7, 11) is 0. The number of benzene rings is 1. The number of carbonyl (C=O) groups is 1. The molecule has 2 rings (SSSR count). The number of carbonyl (C=O) groups excluding carboxylic acids is 1. The molecule has 3 nitrogen and oxygen atoms in total. The van der Waals surface area contributed by atoms with E-state index in [4.69, 9.17) is 16.3 Å². The van der Waals surface area contributed by atoms with Crippen LogP contribution >= 0.6 is 11.6 Å². The number of halogens is 1. The number of hydrogen-bond donors (Lipinski definition) is 0. The Bertz CT molecular complexity index is 548. The van der Waals surface area contributed by atoms with Crippen LogP contribution in [0.15, 0.2) is 36.5 Å². The monoisotopic (exact) mass is 263 g/mol. The molecule has 0 fully saturated rings. The zero-order chi connectivity index (χ0) is 13.0. The van der Waals surface area contributed by atoms with Gasteiger partial charge in [0.1, 0.15) is 12.4 Å². The van der Waals surface area contributed by atoms with Gasteiger partial charge in [0.05, 0.1) is 12.2 Å². The minimum absolute atomic E-state index is 0.511. The van der Waals surface area contributed by atoms with Crippen molar-refractivity contribution in [2.24, 2.45) is 0 Å². The number of aryl methyl sites for hydroxylation is 1. The second kappa shape index (κ2) is 5.74. The van der Waals surface area contributed by atoms with Gasteiger partial charge in [-0.2, -0.15) is 0 Å². The summed E-state index contributed by atoms with van der Waals surface area (Å²) in [6.07, 6.45) is 2.70. The van der Waals surface area contributed by atoms with Crippen molar-refractivity contribution in [3.8, 4) is 5.75 Å². The highest BCUT2D eigenvalue weighted by atomic mass is 35.5. The predicted octanol–water partition coefficient (Wildman–Crippen LogP) is 3.34. The van der Waals surface area contributed by atoms with Crippen molar-refractivity contribution in [3.63, 3.8) is 0 Å². The normalized spacial score (nSPS) is 10.3. The Morgan fingerprint density at radius 2 is 2.22 bits per heavy atom. The van der Waals surface area contributed by atoms with Gasteiger partial charge in [-0.15, -0.1) is 0 Å². The molecule has 0 amide bonds. The van der Waals surface area contributed by atoms with E-state index in [1.807, 2.05) is 42.0 Å². The second-order valence-electron chi connectivity index (χ2n) is 4.00. The van der Waals surface area contributed by atoms with Crippen molar-refractivity contribution in [3.05, 3.63) is 52.8 Å². The molecular formula is C14H14ClNO2. The van der Waals surface area contributed by atoms with Crippen molar-refractivity contribution < 1.29 is 9.53 Å². The molecule has 94 valence electrons. The lowest BCUT2D eigenvalue weighted by molar-refractivity contribution is 0.111. The maximum atomic E-state index is 10.7. The Hall–Kier alpha value is -1.74. The third-order valence-electron chi connectivity index (χ3n) is 2.72. The molecule has 0 atom stereocenters. The van der Waals surface area contributed by atoms with E-state index < -0.39 is 0 Å². The summed E-state index contributed by atoms with van der Waals surface area (Å²) in [6.45, 7) is 3.09. The van der Waals surface area contributed by atoms with Crippen LogP contribution in [0.5, 0.6) is 5.75 Å². The van der Waals surface area contributed by atoms with E-state index in [2.05, 4.69) is 0 Å². The fourth-order valence-corrected chi connectivity index (χ4v) is 1.82. The van der Waals surface area contributed by atoms with Crippen LogP contribution in [-0.2, 0) is 6.54 Å². The lowest BCUT2D eigenvalue weighted by Crippen LogP contribution is -2.09. The molecule has 0 radical (unpaired) electrons. The molecule has 0 aliphatic rings. The first-order valence-electron chi connectivity index (χ1n) is 5.70. The Balaban J connectivity index is 1.92. The third kappa shape index (κ3) is 2.93. The molecule has 1 heterocycles. The smallest absolute Gasteiger partial charge is 0.166 e. The van der Waals surface area contributed by atoms with Crippen molar-refractivity contribution in [2.75, 3.05) is 6.61 Å². The summed E-state index contributed by atoms with van der Waals surface area (Å²) in [4.78, 5) is 10.7. The standard InChI is InChI=1S/C14H14ClNO2/c1-11-9-13(4-5-14(11)15)18-8-7-16-6-2-3-12(16)10-17/h2-6,9-10H,7-8H2,1H3. The van der Waals surface area contributed by atoms with Crippen LogP contribution in [0, 0.1) is 6.92 Å². The first kappa shape index (κ1) is 12.7.